The highest BCUT2D eigenvalue weighted by atomic mass is 16.2. The van der Waals surface area contributed by atoms with Crippen LogP contribution < -0.4 is 14.7 Å². The molecule has 2 fully saturated rings. The molecule has 0 aliphatic carbocycles. The van der Waals surface area contributed by atoms with Gasteiger partial charge in [0.15, 0.2) is 5.82 Å². The van der Waals surface area contributed by atoms with Gasteiger partial charge >= 0.3 is 0 Å². The van der Waals surface area contributed by atoms with Crippen LogP contribution in [0.25, 0.3) is 0 Å². The molecule has 0 saturated carbocycles. The van der Waals surface area contributed by atoms with E-state index in [9.17, 15) is 4.79 Å². The van der Waals surface area contributed by atoms with Crippen molar-refractivity contribution in [2.75, 3.05) is 54.5 Å². The number of pyridine rings is 1. The van der Waals surface area contributed by atoms with Crippen LogP contribution in [0, 0.1) is 0 Å². The average molecular weight is 343 g/mol. The van der Waals surface area contributed by atoms with Crippen LogP contribution in [0.3, 0.4) is 0 Å². The van der Waals surface area contributed by atoms with Crippen molar-refractivity contribution >= 4 is 23.1 Å². The first-order valence-corrected chi connectivity index (χ1v) is 9.59. The Kier molecular flexibility index (Phi) is 4.31. The molecule has 1 unspecified atom stereocenters. The van der Waals surface area contributed by atoms with Gasteiger partial charge in [0, 0.05) is 45.8 Å². The summed E-state index contributed by atoms with van der Waals surface area (Å²) in [6, 6.07) is 2.52. The molecule has 3 aliphatic heterocycles. The van der Waals surface area contributed by atoms with Gasteiger partial charge in [-0.15, -0.1) is 0 Å². The molecule has 0 spiro atoms. The number of fused-ring (bicyclic) bond motifs is 3. The Hall–Kier alpha value is -1.82. The minimum Gasteiger partial charge on any atom is -0.370 e. The van der Waals surface area contributed by atoms with Crippen molar-refractivity contribution in [2.24, 2.45) is 0 Å². The molecule has 136 valence electrons. The molecule has 4 rings (SSSR count). The number of nitrogens with zero attached hydrogens (tertiary/aromatic N) is 5. The molecule has 6 heteroatoms. The number of anilines is 3. The predicted octanol–water partition coefficient (Wildman–Crippen LogP) is 1.95. The van der Waals surface area contributed by atoms with Crippen molar-refractivity contribution in [2.45, 2.75) is 45.2 Å². The second-order valence-corrected chi connectivity index (χ2v) is 7.78. The Morgan fingerprint density at radius 2 is 1.88 bits per heavy atom. The van der Waals surface area contributed by atoms with E-state index >= 15 is 0 Å². The zero-order valence-corrected chi connectivity index (χ0v) is 15.6. The van der Waals surface area contributed by atoms with E-state index in [-0.39, 0.29) is 11.9 Å². The highest BCUT2D eigenvalue weighted by Gasteiger charge is 2.41. The van der Waals surface area contributed by atoms with Crippen molar-refractivity contribution in [3.8, 4) is 0 Å². The smallest absolute Gasteiger partial charge is 0.250 e. The molecule has 4 heterocycles. The van der Waals surface area contributed by atoms with Crippen LogP contribution >= 0.6 is 0 Å². The summed E-state index contributed by atoms with van der Waals surface area (Å²) in [6.45, 7) is 9.22. The van der Waals surface area contributed by atoms with E-state index in [0.29, 0.717) is 6.04 Å². The number of hydrogen-bond acceptors (Lipinski definition) is 5. The zero-order chi connectivity index (χ0) is 17.6. The molecule has 1 amide bonds. The topological polar surface area (TPSA) is 42.9 Å². The molecular weight excluding hydrogens is 314 g/mol. The fourth-order valence-corrected chi connectivity index (χ4v) is 4.31. The summed E-state index contributed by atoms with van der Waals surface area (Å²) in [4.78, 5) is 26.6. The summed E-state index contributed by atoms with van der Waals surface area (Å²) in [5.41, 5.74) is 2.11. The Balaban J connectivity index is 1.64. The largest absolute Gasteiger partial charge is 0.370 e. The molecular formula is C19H29N5O. The summed E-state index contributed by atoms with van der Waals surface area (Å²) < 4.78 is 0. The van der Waals surface area contributed by atoms with Crippen LogP contribution in [0.5, 0.6) is 0 Å². The third kappa shape index (κ3) is 2.86. The van der Waals surface area contributed by atoms with Gasteiger partial charge in [0.1, 0.15) is 6.04 Å². The first kappa shape index (κ1) is 16.6. The first-order valence-electron chi connectivity index (χ1n) is 9.59. The van der Waals surface area contributed by atoms with E-state index in [1.807, 2.05) is 18.1 Å². The van der Waals surface area contributed by atoms with Crippen LogP contribution in [0.2, 0.25) is 0 Å². The van der Waals surface area contributed by atoms with E-state index in [2.05, 4.69) is 34.6 Å². The predicted molar refractivity (Wildman–Crippen MR) is 102 cm³/mol. The Labute approximate surface area is 150 Å². The second-order valence-electron chi connectivity index (χ2n) is 7.78. The van der Waals surface area contributed by atoms with Gasteiger partial charge in [-0.1, -0.05) is 0 Å². The van der Waals surface area contributed by atoms with Gasteiger partial charge in [-0.05, 0) is 39.2 Å². The van der Waals surface area contributed by atoms with Crippen molar-refractivity contribution in [1.29, 1.82) is 0 Å². The van der Waals surface area contributed by atoms with E-state index in [0.717, 1.165) is 49.9 Å². The minimum absolute atomic E-state index is 0.109. The number of aromatic nitrogens is 1. The van der Waals surface area contributed by atoms with Gasteiger partial charge in [-0.2, -0.15) is 0 Å². The van der Waals surface area contributed by atoms with Gasteiger partial charge < -0.3 is 14.7 Å². The monoisotopic (exact) mass is 343 g/mol. The van der Waals surface area contributed by atoms with E-state index in [1.54, 1.807) is 0 Å². The minimum atomic E-state index is -0.109. The molecule has 0 aromatic carbocycles. The lowest BCUT2D eigenvalue weighted by atomic mass is 10.0. The number of carbonyl (C=O) groups is 1. The van der Waals surface area contributed by atoms with Crippen LogP contribution in [-0.4, -0.2) is 67.6 Å². The van der Waals surface area contributed by atoms with E-state index in [4.69, 9.17) is 4.98 Å². The summed E-state index contributed by atoms with van der Waals surface area (Å²) in [5.74, 6) is 1.16. The number of hydrogen-bond donors (Lipinski definition) is 0. The van der Waals surface area contributed by atoms with Crippen molar-refractivity contribution in [3.63, 3.8) is 0 Å². The second kappa shape index (κ2) is 6.48. The number of amides is 1. The van der Waals surface area contributed by atoms with Crippen molar-refractivity contribution < 1.29 is 4.79 Å². The first-order chi connectivity index (χ1) is 12.1. The van der Waals surface area contributed by atoms with Crippen LogP contribution in [0.1, 0.15) is 33.1 Å². The zero-order valence-electron chi connectivity index (χ0n) is 15.6. The molecule has 1 aromatic heterocycles. The highest BCUT2D eigenvalue weighted by Crippen LogP contribution is 2.37. The molecule has 6 nitrogen and oxygen atoms in total. The molecule has 0 radical (unpaired) electrons. The summed E-state index contributed by atoms with van der Waals surface area (Å²) in [5, 5.41) is 0. The number of piperazine rings is 1. The summed E-state index contributed by atoms with van der Waals surface area (Å²) in [7, 11) is 1.90. The molecule has 2 saturated heterocycles. The lowest BCUT2D eigenvalue weighted by molar-refractivity contribution is -0.121. The average Bonchev–Trinajstić information content (AvgIpc) is 2.66. The Morgan fingerprint density at radius 1 is 1.12 bits per heavy atom. The lowest BCUT2D eigenvalue weighted by Gasteiger charge is -2.47. The number of piperidine rings is 1. The van der Waals surface area contributed by atoms with Crippen LogP contribution in [-0.2, 0) is 4.79 Å². The SMILES string of the molecule is CC(C)N1CCN2c3ncc(N4CCCCC4)cc3N(C)C(=O)C2C1. The lowest BCUT2D eigenvalue weighted by Crippen LogP contribution is -2.63. The maximum atomic E-state index is 13.0. The van der Waals surface area contributed by atoms with Crippen molar-refractivity contribution in [1.82, 2.24) is 9.88 Å². The summed E-state index contributed by atoms with van der Waals surface area (Å²) in [6.07, 6.45) is 5.80. The Bertz CT molecular complexity index is 655. The quantitative estimate of drug-likeness (QED) is 0.821. The number of carbonyl (C=O) groups excluding carboxylic acids is 1. The van der Waals surface area contributed by atoms with Gasteiger partial charge in [0.25, 0.3) is 5.91 Å². The van der Waals surface area contributed by atoms with Gasteiger partial charge in [-0.25, -0.2) is 4.98 Å². The number of rotatable bonds is 2. The van der Waals surface area contributed by atoms with Crippen LogP contribution in [0.4, 0.5) is 17.2 Å². The molecule has 3 aliphatic rings. The Morgan fingerprint density at radius 3 is 2.60 bits per heavy atom. The standard InChI is InChI=1S/C19H29N5O/c1-14(2)23-9-10-24-17(13-23)19(25)21(3)16-11-15(12-20-18(16)24)22-7-5-4-6-8-22/h11-12,14,17H,4-10,13H2,1-3H3. The van der Waals surface area contributed by atoms with Crippen molar-refractivity contribution in [3.05, 3.63) is 12.3 Å². The normalized spacial score (nSPS) is 24.6. The molecule has 0 bridgehead atoms. The maximum Gasteiger partial charge on any atom is 0.250 e. The molecule has 1 aromatic rings. The van der Waals surface area contributed by atoms with Gasteiger partial charge in [-0.3, -0.25) is 9.69 Å². The van der Waals surface area contributed by atoms with E-state index < -0.39 is 0 Å². The molecule has 1 atom stereocenters. The third-order valence-electron chi connectivity index (χ3n) is 5.95. The maximum absolute atomic E-state index is 13.0. The van der Waals surface area contributed by atoms with Gasteiger partial charge in [0.05, 0.1) is 17.6 Å². The highest BCUT2D eigenvalue weighted by molar-refractivity contribution is 6.05. The van der Waals surface area contributed by atoms with Crippen LogP contribution in [0.15, 0.2) is 12.3 Å². The molecule has 25 heavy (non-hydrogen) atoms. The van der Waals surface area contributed by atoms with E-state index in [1.165, 1.54) is 19.3 Å². The van der Waals surface area contributed by atoms with Gasteiger partial charge in [0.2, 0.25) is 0 Å². The fourth-order valence-electron chi connectivity index (χ4n) is 4.31. The summed E-state index contributed by atoms with van der Waals surface area (Å²) >= 11 is 0. The fraction of sp³-hybridized carbons (Fsp3) is 0.684. The molecule has 0 N–H and O–H groups in total. The third-order valence-corrected chi connectivity index (χ3v) is 5.95. The number of likely N-dealkylation sites (N-methyl/N-ethyl adjacent to an activating group) is 1.